The fourth-order valence-corrected chi connectivity index (χ4v) is 2.85. The van der Waals surface area contributed by atoms with E-state index in [4.69, 9.17) is 0 Å². The number of aryl methyl sites for hydroxylation is 3. The SMILES string of the molecule is Cc1cc2nnc3c(=O)n(Nc4ccccc4)c(C)nc3c2cc1C. The Bertz CT molecular complexity index is 1170. The lowest BCUT2D eigenvalue weighted by Crippen LogP contribution is -2.30. The highest BCUT2D eigenvalue weighted by molar-refractivity contribution is 6.01. The van der Waals surface area contributed by atoms with Crippen LogP contribution in [0.2, 0.25) is 0 Å². The molecule has 0 spiro atoms. The van der Waals surface area contributed by atoms with Gasteiger partial charge < -0.3 is 0 Å². The molecule has 0 aliphatic rings. The molecule has 0 unspecified atom stereocenters. The zero-order valence-electron chi connectivity index (χ0n) is 14.2. The van der Waals surface area contributed by atoms with E-state index < -0.39 is 0 Å². The van der Waals surface area contributed by atoms with Crippen molar-refractivity contribution in [3.63, 3.8) is 0 Å². The Morgan fingerprint density at radius 2 is 1.64 bits per heavy atom. The molecule has 1 N–H and O–H groups in total. The maximum absolute atomic E-state index is 12.9. The fraction of sp³-hybridized carbons (Fsp3) is 0.158. The quantitative estimate of drug-likeness (QED) is 0.571. The second-order valence-electron chi connectivity index (χ2n) is 6.13. The minimum atomic E-state index is -0.265. The molecule has 4 aromatic rings. The van der Waals surface area contributed by atoms with Crippen molar-refractivity contribution in [1.82, 2.24) is 19.9 Å². The van der Waals surface area contributed by atoms with Crippen LogP contribution in [0.3, 0.4) is 0 Å². The molecule has 2 heterocycles. The molecule has 0 aliphatic carbocycles. The number of nitrogens with zero attached hydrogens (tertiary/aromatic N) is 4. The van der Waals surface area contributed by atoms with Gasteiger partial charge in [-0.3, -0.25) is 10.2 Å². The lowest BCUT2D eigenvalue weighted by atomic mass is 10.1. The van der Waals surface area contributed by atoms with Crippen molar-refractivity contribution in [3.05, 3.63) is 69.8 Å². The molecule has 0 amide bonds. The Hall–Kier alpha value is -3.28. The van der Waals surface area contributed by atoms with Crippen LogP contribution >= 0.6 is 0 Å². The maximum atomic E-state index is 12.9. The summed E-state index contributed by atoms with van der Waals surface area (Å²) in [5, 5.41) is 9.20. The molecule has 0 saturated carbocycles. The van der Waals surface area contributed by atoms with Crippen LogP contribution in [0.25, 0.3) is 21.9 Å². The van der Waals surface area contributed by atoms with E-state index in [9.17, 15) is 4.79 Å². The van der Waals surface area contributed by atoms with Crippen LogP contribution in [0.5, 0.6) is 0 Å². The third kappa shape index (κ3) is 2.52. The minimum absolute atomic E-state index is 0.254. The maximum Gasteiger partial charge on any atom is 0.300 e. The summed E-state index contributed by atoms with van der Waals surface area (Å²) in [6, 6.07) is 13.5. The molecule has 2 aromatic carbocycles. The second-order valence-corrected chi connectivity index (χ2v) is 6.13. The van der Waals surface area contributed by atoms with E-state index in [2.05, 4.69) is 20.6 Å². The molecule has 0 bridgehead atoms. The van der Waals surface area contributed by atoms with Gasteiger partial charge in [-0.05, 0) is 56.2 Å². The van der Waals surface area contributed by atoms with Crippen LogP contribution in [0.15, 0.2) is 47.3 Å². The predicted octanol–water partition coefficient (Wildman–Crippen LogP) is 3.14. The lowest BCUT2D eigenvalue weighted by Gasteiger charge is -2.13. The number of hydrogen-bond acceptors (Lipinski definition) is 5. The number of fused-ring (bicyclic) bond motifs is 3. The summed E-state index contributed by atoms with van der Waals surface area (Å²) in [4.78, 5) is 17.5. The summed E-state index contributed by atoms with van der Waals surface area (Å²) in [5.74, 6) is 0.564. The van der Waals surface area contributed by atoms with Crippen LogP contribution in [-0.4, -0.2) is 19.9 Å². The predicted molar refractivity (Wildman–Crippen MR) is 98.8 cm³/mol. The van der Waals surface area contributed by atoms with E-state index >= 15 is 0 Å². The Kier molecular flexibility index (Phi) is 3.46. The first-order chi connectivity index (χ1) is 12.0. The summed E-state index contributed by atoms with van der Waals surface area (Å²) in [6.07, 6.45) is 0. The van der Waals surface area contributed by atoms with Crippen molar-refractivity contribution >= 4 is 27.6 Å². The molecule has 6 nitrogen and oxygen atoms in total. The number of para-hydroxylation sites is 1. The van der Waals surface area contributed by atoms with E-state index in [0.29, 0.717) is 11.3 Å². The van der Waals surface area contributed by atoms with Gasteiger partial charge in [0, 0.05) is 5.39 Å². The van der Waals surface area contributed by atoms with Crippen molar-refractivity contribution < 1.29 is 0 Å². The topological polar surface area (TPSA) is 72.7 Å². The van der Waals surface area contributed by atoms with Gasteiger partial charge in [0.2, 0.25) is 0 Å². The lowest BCUT2D eigenvalue weighted by molar-refractivity contribution is 0.819. The number of aromatic nitrogens is 4. The fourth-order valence-electron chi connectivity index (χ4n) is 2.85. The number of nitrogens with one attached hydrogen (secondary N) is 1. The number of anilines is 1. The van der Waals surface area contributed by atoms with Gasteiger partial charge >= 0.3 is 5.56 Å². The van der Waals surface area contributed by atoms with Gasteiger partial charge in [0.25, 0.3) is 0 Å². The third-order valence-corrected chi connectivity index (χ3v) is 4.37. The van der Waals surface area contributed by atoms with Crippen molar-refractivity contribution in [2.24, 2.45) is 0 Å². The highest BCUT2D eigenvalue weighted by Gasteiger charge is 2.14. The smallest absolute Gasteiger partial charge is 0.290 e. The van der Waals surface area contributed by atoms with Crippen LogP contribution in [0.1, 0.15) is 17.0 Å². The molecule has 0 radical (unpaired) electrons. The van der Waals surface area contributed by atoms with Crippen LogP contribution < -0.4 is 11.0 Å². The highest BCUT2D eigenvalue weighted by atomic mass is 16.1. The van der Waals surface area contributed by atoms with Crippen LogP contribution in [0.4, 0.5) is 5.69 Å². The summed E-state index contributed by atoms with van der Waals surface area (Å²) < 4.78 is 1.40. The normalized spacial score (nSPS) is 11.2. The van der Waals surface area contributed by atoms with Gasteiger partial charge in [0.1, 0.15) is 11.3 Å². The summed E-state index contributed by atoms with van der Waals surface area (Å²) in [5.41, 5.74) is 7.46. The van der Waals surface area contributed by atoms with Gasteiger partial charge in [0.15, 0.2) is 5.52 Å². The molecule has 124 valence electrons. The first-order valence-electron chi connectivity index (χ1n) is 8.03. The number of rotatable bonds is 2. The average molecular weight is 331 g/mol. The average Bonchev–Trinajstić information content (AvgIpc) is 2.61. The number of hydrogen-bond donors (Lipinski definition) is 1. The summed E-state index contributed by atoms with van der Waals surface area (Å²) in [6.45, 7) is 5.86. The highest BCUT2D eigenvalue weighted by Crippen LogP contribution is 2.22. The first kappa shape index (κ1) is 15.3. The van der Waals surface area contributed by atoms with Gasteiger partial charge in [-0.2, -0.15) is 0 Å². The van der Waals surface area contributed by atoms with Crippen LogP contribution in [0, 0.1) is 20.8 Å². The van der Waals surface area contributed by atoms with Gasteiger partial charge in [0.05, 0.1) is 11.2 Å². The monoisotopic (exact) mass is 331 g/mol. The Balaban J connectivity index is 1.98. The zero-order valence-corrected chi connectivity index (χ0v) is 14.2. The zero-order chi connectivity index (χ0) is 17.6. The van der Waals surface area contributed by atoms with Crippen molar-refractivity contribution in [2.45, 2.75) is 20.8 Å². The molecule has 0 saturated heterocycles. The largest absolute Gasteiger partial charge is 0.300 e. The Morgan fingerprint density at radius 1 is 0.920 bits per heavy atom. The summed E-state index contributed by atoms with van der Waals surface area (Å²) in [7, 11) is 0. The minimum Gasteiger partial charge on any atom is -0.290 e. The van der Waals surface area contributed by atoms with E-state index in [1.165, 1.54) is 4.68 Å². The number of benzene rings is 2. The molecular weight excluding hydrogens is 314 g/mol. The molecule has 2 aromatic heterocycles. The molecule has 6 heteroatoms. The Labute approximate surface area is 144 Å². The molecule has 0 atom stereocenters. The van der Waals surface area contributed by atoms with Gasteiger partial charge in [-0.1, -0.05) is 18.2 Å². The van der Waals surface area contributed by atoms with Gasteiger partial charge in [-0.15, -0.1) is 10.2 Å². The van der Waals surface area contributed by atoms with Crippen LogP contribution in [-0.2, 0) is 0 Å². The van der Waals surface area contributed by atoms with Crippen molar-refractivity contribution in [3.8, 4) is 0 Å². The van der Waals surface area contributed by atoms with E-state index in [1.54, 1.807) is 6.92 Å². The third-order valence-electron chi connectivity index (χ3n) is 4.37. The Morgan fingerprint density at radius 3 is 2.40 bits per heavy atom. The summed E-state index contributed by atoms with van der Waals surface area (Å²) >= 11 is 0. The standard InChI is InChI=1S/C19H17N5O/c1-11-9-15-16(10-12(11)2)21-22-18-17(15)20-13(3)24(19(18)25)23-14-7-5-4-6-8-14/h4-10,23H,1-3H3. The van der Waals surface area contributed by atoms with Crippen molar-refractivity contribution in [2.75, 3.05) is 5.43 Å². The van der Waals surface area contributed by atoms with E-state index in [1.807, 2.05) is 56.3 Å². The van der Waals surface area contributed by atoms with E-state index in [0.717, 1.165) is 27.7 Å². The molecule has 0 fully saturated rings. The molecule has 0 aliphatic heterocycles. The molecule has 4 rings (SSSR count). The molecule has 25 heavy (non-hydrogen) atoms. The van der Waals surface area contributed by atoms with Gasteiger partial charge in [-0.25, -0.2) is 9.66 Å². The van der Waals surface area contributed by atoms with E-state index in [-0.39, 0.29) is 11.1 Å². The first-order valence-corrected chi connectivity index (χ1v) is 8.03. The van der Waals surface area contributed by atoms with Crippen molar-refractivity contribution in [1.29, 1.82) is 0 Å². The molecular formula is C19H17N5O. The second kappa shape index (κ2) is 5.66.